The number of hydrogen-bond donors (Lipinski definition) is 2. The molecule has 2 N–H and O–H groups in total. The lowest BCUT2D eigenvalue weighted by atomic mass is 10.1. The Morgan fingerprint density at radius 1 is 1.04 bits per heavy atom. The van der Waals surface area contributed by atoms with Crippen molar-refractivity contribution in [2.45, 2.75) is 18.9 Å². The SMILES string of the molecule is Fc1cccc(Nc2cc(-c3ccccc3)nc(NCC3CCCO3)n2)c1. The van der Waals surface area contributed by atoms with E-state index < -0.39 is 0 Å². The highest BCUT2D eigenvalue weighted by Gasteiger charge is 2.16. The molecule has 1 aliphatic heterocycles. The Hall–Kier alpha value is -2.99. The van der Waals surface area contributed by atoms with Crippen LogP contribution in [0.15, 0.2) is 60.7 Å². The summed E-state index contributed by atoms with van der Waals surface area (Å²) >= 11 is 0. The van der Waals surface area contributed by atoms with Crippen molar-refractivity contribution in [3.05, 3.63) is 66.5 Å². The molecule has 0 radical (unpaired) electrons. The Morgan fingerprint density at radius 2 is 1.93 bits per heavy atom. The number of nitrogens with zero attached hydrogens (tertiary/aromatic N) is 2. The maximum absolute atomic E-state index is 13.5. The van der Waals surface area contributed by atoms with Crippen LogP contribution < -0.4 is 10.6 Å². The molecular weight excluding hydrogens is 343 g/mol. The van der Waals surface area contributed by atoms with Gasteiger partial charge in [0.05, 0.1) is 11.8 Å². The number of benzene rings is 2. The molecule has 1 saturated heterocycles. The molecule has 0 saturated carbocycles. The second-order valence-corrected chi connectivity index (χ2v) is 6.48. The highest BCUT2D eigenvalue weighted by atomic mass is 19.1. The van der Waals surface area contributed by atoms with Crippen LogP contribution in [0, 0.1) is 5.82 Å². The average Bonchev–Trinajstić information content (AvgIpc) is 3.21. The predicted octanol–water partition coefficient (Wildman–Crippen LogP) is 4.62. The van der Waals surface area contributed by atoms with Crippen molar-refractivity contribution in [2.24, 2.45) is 0 Å². The number of anilines is 3. The van der Waals surface area contributed by atoms with E-state index in [1.165, 1.54) is 12.1 Å². The standard InChI is InChI=1S/C21H21FN4O/c22-16-8-4-9-17(12-16)24-20-13-19(15-6-2-1-3-7-15)25-21(26-20)23-14-18-10-5-11-27-18/h1-4,6-9,12-13,18H,5,10-11,14H2,(H2,23,24,25,26). The quantitative estimate of drug-likeness (QED) is 0.668. The summed E-state index contributed by atoms with van der Waals surface area (Å²) in [6.07, 6.45) is 2.32. The van der Waals surface area contributed by atoms with Crippen molar-refractivity contribution < 1.29 is 9.13 Å². The van der Waals surface area contributed by atoms with Gasteiger partial charge in [-0.3, -0.25) is 0 Å². The molecule has 1 aliphatic rings. The fourth-order valence-corrected chi connectivity index (χ4v) is 3.07. The summed E-state index contributed by atoms with van der Waals surface area (Å²) in [5.74, 6) is 0.823. The fourth-order valence-electron chi connectivity index (χ4n) is 3.07. The topological polar surface area (TPSA) is 59.1 Å². The number of nitrogens with one attached hydrogen (secondary N) is 2. The van der Waals surface area contributed by atoms with E-state index in [2.05, 4.69) is 20.6 Å². The predicted molar refractivity (Wildman–Crippen MR) is 105 cm³/mol. The summed E-state index contributed by atoms with van der Waals surface area (Å²) in [5, 5.41) is 6.43. The van der Waals surface area contributed by atoms with Crippen molar-refractivity contribution in [1.29, 1.82) is 0 Å². The molecule has 138 valence electrons. The third-order valence-corrected chi connectivity index (χ3v) is 4.40. The molecule has 1 unspecified atom stereocenters. The van der Waals surface area contributed by atoms with E-state index in [-0.39, 0.29) is 11.9 Å². The number of halogens is 1. The van der Waals surface area contributed by atoms with Gasteiger partial charge in [0.25, 0.3) is 0 Å². The minimum atomic E-state index is -0.297. The highest BCUT2D eigenvalue weighted by molar-refractivity contribution is 5.67. The molecule has 1 aromatic heterocycles. The van der Waals surface area contributed by atoms with E-state index in [1.807, 2.05) is 36.4 Å². The van der Waals surface area contributed by atoms with E-state index in [9.17, 15) is 4.39 Å². The van der Waals surface area contributed by atoms with Crippen LogP contribution >= 0.6 is 0 Å². The largest absolute Gasteiger partial charge is 0.376 e. The molecule has 1 atom stereocenters. The Bertz CT molecular complexity index is 898. The van der Waals surface area contributed by atoms with E-state index >= 15 is 0 Å². The lowest BCUT2D eigenvalue weighted by Crippen LogP contribution is -2.20. The van der Waals surface area contributed by atoms with Crippen LogP contribution in [0.5, 0.6) is 0 Å². The van der Waals surface area contributed by atoms with Crippen LogP contribution in [0.1, 0.15) is 12.8 Å². The third kappa shape index (κ3) is 4.60. The first-order valence-electron chi connectivity index (χ1n) is 9.09. The lowest BCUT2D eigenvalue weighted by Gasteiger charge is -2.14. The first-order valence-corrected chi connectivity index (χ1v) is 9.09. The first kappa shape index (κ1) is 17.4. The first-order chi connectivity index (χ1) is 13.3. The summed E-state index contributed by atoms with van der Waals surface area (Å²) in [6, 6.07) is 18.1. The number of aromatic nitrogens is 2. The molecular formula is C21H21FN4O. The van der Waals surface area contributed by atoms with Gasteiger partial charge in [-0.05, 0) is 31.0 Å². The molecule has 4 rings (SSSR count). The van der Waals surface area contributed by atoms with Crippen molar-refractivity contribution >= 4 is 17.5 Å². The van der Waals surface area contributed by atoms with Gasteiger partial charge in [0.15, 0.2) is 0 Å². The van der Waals surface area contributed by atoms with Crippen molar-refractivity contribution in [1.82, 2.24) is 9.97 Å². The van der Waals surface area contributed by atoms with Gasteiger partial charge in [0, 0.05) is 30.5 Å². The van der Waals surface area contributed by atoms with Gasteiger partial charge in [0.2, 0.25) is 5.95 Å². The van der Waals surface area contributed by atoms with Crippen LogP contribution in [0.2, 0.25) is 0 Å². The Morgan fingerprint density at radius 3 is 2.70 bits per heavy atom. The lowest BCUT2D eigenvalue weighted by molar-refractivity contribution is 0.120. The average molecular weight is 364 g/mol. The van der Waals surface area contributed by atoms with Crippen molar-refractivity contribution in [2.75, 3.05) is 23.8 Å². The van der Waals surface area contributed by atoms with Crippen molar-refractivity contribution in [3.63, 3.8) is 0 Å². The molecule has 2 heterocycles. The van der Waals surface area contributed by atoms with Gasteiger partial charge in [-0.1, -0.05) is 36.4 Å². The zero-order chi connectivity index (χ0) is 18.5. The van der Waals surface area contributed by atoms with E-state index in [1.54, 1.807) is 12.1 Å². The number of rotatable bonds is 6. The van der Waals surface area contributed by atoms with Gasteiger partial charge in [-0.25, -0.2) is 9.37 Å². The van der Waals surface area contributed by atoms with E-state index in [4.69, 9.17) is 4.74 Å². The van der Waals surface area contributed by atoms with Crippen LogP contribution in [-0.4, -0.2) is 29.2 Å². The maximum Gasteiger partial charge on any atom is 0.225 e. The second kappa shape index (κ2) is 8.14. The fraction of sp³-hybridized carbons (Fsp3) is 0.238. The number of hydrogen-bond acceptors (Lipinski definition) is 5. The van der Waals surface area contributed by atoms with Crippen LogP contribution in [0.3, 0.4) is 0 Å². The molecule has 0 aliphatic carbocycles. The summed E-state index contributed by atoms with van der Waals surface area (Å²) < 4.78 is 19.1. The third-order valence-electron chi connectivity index (χ3n) is 4.40. The Labute approximate surface area is 157 Å². The maximum atomic E-state index is 13.5. The van der Waals surface area contributed by atoms with Crippen LogP contribution in [-0.2, 0) is 4.74 Å². The molecule has 0 spiro atoms. The molecule has 27 heavy (non-hydrogen) atoms. The van der Waals surface area contributed by atoms with Crippen LogP contribution in [0.4, 0.5) is 21.8 Å². The van der Waals surface area contributed by atoms with E-state index in [0.29, 0.717) is 24.0 Å². The van der Waals surface area contributed by atoms with Crippen molar-refractivity contribution in [3.8, 4) is 11.3 Å². The summed E-state index contributed by atoms with van der Waals surface area (Å²) in [4.78, 5) is 9.17. The minimum Gasteiger partial charge on any atom is -0.376 e. The zero-order valence-corrected chi connectivity index (χ0v) is 14.9. The summed E-state index contributed by atoms with van der Waals surface area (Å²) in [7, 11) is 0. The van der Waals surface area contributed by atoms with Gasteiger partial charge in [-0.15, -0.1) is 0 Å². The molecule has 5 nitrogen and oxygen atoms in total. The molecule has 6 heteroatoms. The summed E-state index contributed by atoms with van der Waals surface area (Å²) in [5.41, 5.74) is 2.42. The zero-order valence-electron chi connectivity index (χ0n) is 14.9. The molecule has 0 amide bonds. The minimum absolute atomic E-state index is 0.189. The van der Waals surface area contributed by atoms with Gasteiger partial charge in [0.1, 0.15) is 11.6 Å². The normalized spacial score (nSPS) is 16.3. The monoisotopic (exact) mass is 364 g/mol. The second-order valence-electron chi connectivity index (χ2n) is 6.48. The molecule has 3 aromatic rings. The van der Waals surface area contributed by atoms with Crippen LogP contribution in [0.25, 0.3) is 11.3 Å². The highest BCUT2D eigenvalue weighted by Crippen LogP contribution is 2.24. The Balaban J connectivity index is 1.61. The van der Waals surface area contributed by atoms with Gasteiger partial charge in [-0.2, -0.15) is 4.98 Å². The molecule has 1 fully saturated rings. The van der Waals surface area contributed by atoms with Gasteiger partial charge >= 0.3 is 0 Å². The van der Waals surface area contributed by atoms with Gasteiger partial charge < -0.3 is 15.4 Å². The smallest absolute Gasteiger partial charge is 0.225 e. The van der Waals surface area contributed by atoms with E-state index in [0.717, 1.165) is 30.7 Å². The molecule has 2 aromatic carbocycles. The molecule has 0 bridgehead atoms. The Kier molecular flexibility index (Phi) is 5.25. The summed E-state index contributed by atoms with van der Waals surface area (Å²) in [6.45, 7) is 1.47. The number of ether oxygens (including phenoxy) is 1.